The lowest BCUT2D eigenvalue weighted by atomic mass is 10.3. The average molecular weight is 248 g/mol. The van der Waals surface area contributed by atoms with Gasteiger partial charge in [-0.05, 0) is 24.5 Å². The highest BCUT2D eigenvalue weighted by atomic mass is 19.4. The maximum Gasteiger partial charge on any atom is 0.411 e. The van der Waals surface area contributed by atoms with E-state index in [1.807, 2.05) is 6.07 Å². The van der Waals surface area contributed by atoms with Crippen molar-refractivity contribution < 1.29 is 17.9 Å². The van der Waals surface area contributed by atoms with Crippen molar-refractivity contribution in [3.05, 3.63) is 24.0 Å². The highest BCUT2D eigenvalue weighted by molar-refractivity contribution is 5.10. The summed E-state index contributed by atoms with van der Waals surface area (Å²) in [5.41, 5.74) is 1.06. The first kappa shape index (κ1) is 12.4. The van der Waals surface area contributed by atoms with E-state index >= 15 is 0 Å². The van der Waals surface area contributed by atoms with E-state index in [4.69, 9.17) is 0 Å². The Bertz CT molecular complexity index is 358. The van der Waals surface area contributed by atoms with Crippen LogP contribution >= 0.6 is 0 Å². The van der Waals surface area contributed by atoms with E-state index in [0.717, 1.165) is 12.1 Å². The third-order valence-electron chi connectivity index (χ3n) is 2.49. The van der Waals surface area contributed by atoms with Gasteiger partial charge in [0.05, 0.1) is 0 Å². The number of hydrogen-bond donors (Lipinski definition) is 1. The number of rotatable bonds is 6. The molecular formula is C11H15F3N2O. The maximum atomic E-state index is 11.8. The van der Waals surface area contributed by atoms with Gasteiger partial charge in [-0.25, -0.2) is 0 Å². The van der Waals surface area contributed by atoms with Crippen molar-refractivity contribution >= 4 is 0 Å². The molecule has 17 heavy (non-hydrogen) atoms. The van der Waals surface area contributed by atoms with Crippen LogP contribution in [0.4, 0.5) is 13.2 Å². The van der Waals surface area contributed by atoms with Crippen LogP contribution in [-0.4, -0.2) is 23.4 Å². The molecule has 1 aromatic heterocycles. The summed E-state index contributed by atoms with van der Waals surface area (Å²) in [5, 5.41) is 3.33. The zero-order chi connectivity index (χ0) is 12.3. The first-order valence-corrected chi connectivity index (χ1v) is 5.55. The SMILES string of the molecule is FC(F)(F)COCn1ccc(CNC2CC2)c1. The molecule has 0 spiro atoms. The zero-order valence-corrected chi connectivity index (χ0v) is 9.33. The number of ether oxygens (including phenoxy) is 1. The Morgan fingerprint density at radius 2 is 2.18 bits per heavy atom. The molecule has 1 fully saturated rings. The molecule has 0 aromatic carbocycles. The van der Waals surface area contributed by atoms with Gasteiger partial charge in [-0.3, -0.25) is 0 Å². The largest absolute Gasteiger partial charge is 0.411 e. The van der Waals surface area contributed by atoms with E-state index in [9.17, 15) is 13.2 Å². The second kappa shape index (κ2) is 5.10. The van der Waals surface area contributed by atoms with E-state index in [1.54, 1.807) is 17.0 Å². The molecule has 0 atom stereocenters. The van der Waals surface area contributed by atoms with E-state index in [0.29, 0.717) is 6.04 Å². The molecule has 1 heterocycles. The van der Waals surface area contributed by atoms with Crippen LogP contribution in [0.5, 0.6) is 0 Å². The Morgan fingerprint density at radius 1 is 1.41 bits per heavy atom. The van der Waals surface area contributed by atoms with Crippen LogP contribution in [0.25, 0.3) is 0 Å². The normalized spacial score (nSPS) is 16.4. The highest BCUT2D eigenvalue weighted by Crippen LogP contribution is 2.19. The van der Waals surface area contributed by atoms with Crippen molar-refractivity contribution in [1.29, 1.82) is 0 Å². The van der Waals surface area contributed by atoms with Gasteiger partial charge in [0.1, 0.15) is 13.3 Å². The summed E-state index contributed by atoms with van der Waals surface area (Å²) in [6.45, 7) is -0.513. The van der Waals surface area contributed by atoms with Crippen molar-refractivity contribution in [2.75, 3.05) is 6.61 Å². The van der Waals surface area contributed by atoms with Gasteiger partial charge in [-0.2, -0.15) is 13.2 Å². The fourth-order valence-electron chi connectivity index (χ4n) is 1.49. The number of alkyl halides is 3. The molecule has 1 N–H and O–H groups in total. The molecular weight excluding hydrogens is 233 g/mol. The molecule has 96 valence electrons. The summed E-state index contributed by atoms with van der Waals surface area (Å²) in [6, 6.07) is 2.51. The molecule has 1 aliphatic rings. The van der Waals surface area contributed by atoms with Crippen molar-refractivity contribution in [2.24, 2.45) is 0 Å². The van der Waals surface area contributed by atoms with Gasteiger partial charge >= 0.3 is 6.18 Å². The second-order valence-electron chi connectivity index (χ2n) is 4.28. The molecule has 1 saturated carbocycles. The summed E-state index contributed by atoms with van der Waals surface area (Å²) in [7, 11) is 0. The molecule has 1 aliphatic carbocycles. The maximum absolute atomic E-state index is 11.8. The monoisotopic (exact) mass is 248 g/mol. The van der Waals surface area contributed by atoms with Crippen molar-refractivity contribution in [2.45, 2.75) is 38.3 Å². The van der Waals surface area contributed by atoms with E-state index in [-0.39, 0.29) is 6.73 Å². The van der Waals surface area contributed by atoms with Crippen LogP contribution in [-0.2, 0) is 18.0 Å². The molecule has 0 saturated heterocycles. The van der Waals surface area contributed by atoms with Gasteiger partial charge in [0.2, 0.25) is 0 Å². The van der Waals surface area contributed by atoms with Gasteiger partial charge in [0, 0.05) is 25.0 Å². The number of nitrogens with zero attached hydrogens (tertiary/aromatic N) is 1. The van der Waals surface area contributed by atoms with Crippen LogP contribution in [0.1, 0.15) is 18.4 Å². The number of hydrogen-bond acceptors (Lipinski definition) is 2. The fourth-order valence-corrected chi connectivity index (χ4v) is 1.49. The second-order valence-corrected chi connectivity index (χ2v) is 4.28. The minimum Gasteiger partial charge on any atom is -0.351 e. The molecule has 3 nitrogen and oxygen atoms in total. The fraction of sp³-hybridized carbons (Fsp3) is 0.636. The molecule has 0 amide bonds. The Kier molecular flexibility index (Phi) is 3.73. The molecule has 0 aliphatic heterocycles. The standard InChI is InChI=1S/C11H15F3N2O/c12-11(13,14)7-17-8-16-4-3-9(6-16)5-15-10-1-2-10/h3-4,6,10,15H,1-2,5,7-8H2. The Hall–Kier alpha value is -1.01. The van der Waals surface area contributed by atoms with Gasteiger partial charge in [0.25, 0.3) is 0 Å². The molecule has 1 aromatic rings. The molecule has 2 rings (SSSR count). The van der Waals surface area contributed by atoms with Gasteiger partial charge < -0.3 is 14.6 Å². The predicted molar refractivity (Wildman–Crippen MR) is 56.3 cm³/mol. The number of halogens is 3. The smallest absolute Gasteiger partial charge is 0.351 e. The van der Waals surface area contributed by atoms with Gasteiger partial charge in [-0.1, -0.05) is 0 Å². The number of aromatic nitrogens is 1. The third-order valence-corrected chi connectivity index (χ3v) is 2.49. The third kappa shape index (κ3) is 4.79. The number of nitrogens with one attached hydrogen (secondary N) is 1. The summed E-state index contributed by atoms with van der Waals surface area (Å²) in [4.78, 5) is 0. The summed E-state index contributed by atoms with van der Waals surface area (Å²) in [5.74, 6) is 0. The van der Waals surface area contributed by atoms with E-state index in [2.05, 4.69) is 10.1 Å². The van der Waals surface area contributed by atoms with Crippen LogP contribution in [0.2, 0.25) is 0 Å². The van der Waals surface area contributed by atoms with Crippen LogP contribution in [0.3, 0.4) is 0 Å². The highest BCUT2D eigenvalue weighted by Gasteiger charge is 2.27. The van der Waals surface area contributed by atoms with Gasteiger partial charge in [0.15, 0.2) is 0 Å². The minimum atomic E-state index is -4.26. The molecule has 6 heteroatoms. The summed E-state index contributed by atoms with van der Waals surface area (Å²) < 4.78 is 41.7. The van der Waals surface area contributed by atoms with Crippen molar-refractivity contribution in [3.8, 4) is 0 Å². The predicted octanol–water partition coefficient (Wildman–Crippen LogP) is 2.28. The molecule has 0 unspecified atom stereocenters. The minimum absolute atomic E-state index is 0.0665. The zero-order valence-electron chi connectivity index (χ0n) is 9.33. The Morgan fingerprint density at radius 3 is 2.82 bits per heavy atom. The first-order chi connectivity index (χ1) is 8.03. The lowest BCUT2D eigenvalue weighted by molar-refractivity contribution is -0.181. The quantitative estimate of drug-likeness (QED) is 0.835. The average Bonchev–Trinajstić information content (AvgIpc) is 2.95. The first-order valence-electron chi connectivity index (χ1n) is 5.55. The molecule has 0 radical (unpaired) electrons. The Labute approximate surface area is 97.6 Å². The van der Waals surface area contributed by atoms with Crippen LogP contribution < -0.4 is 5.32 Å². The van der Waals surface area contributed by atoms with Crippen molar-refractivity contribution in [1.82, 2.24) is 9.88 Å². The lowest BCUT2D eigenvalue weighted by Gasteiger charge is -2.08. The van der Waals surface area contributed by atoms with E-state index < -0.39 is 12.8 Å². The lowest BCUT2D eigenvalue weighted by Crippen LogP contribution is -2.18. The molecule has 0 bridgehead atoms. The summed E-state index contributed by atoms with van der Waals surface area (Å²) in [6.07, 6.45) is 1.69. The van der Waals surface area contributed by atoms with Crippen molar-refractivity contribution in [3.63, 3.8) is 0 Å². The van der Waals surface area contributed by atoms with E-state index in [1.165, 1.54) is 12.8 Å². The Balaban J connectivity index is 1.69. The summed E-state index contributed by atoms with van der Waals surface area (Å²) >= 11 is 0. The van der Waals surface area contributed by atoms with Crippen LogP contribution in [0.15, 0.2) is 18.5 Å². The topological polar surface area (TPSA) is 26.2 Å². The van der Waals surface area contributed by atoms with Gasteiger partial charge in [-0.15, -0.1) is 0 Å². The van der Waals surface area contributed by atoms with Crippen LogP contribution in [0, 0.1) is 0 Å².